The van der Waals surface area contributed by atoms with Crippen molar-refractivity contribution in [2.24, 2.45) is 11.7 Å². The van der Waals surface area contributed by atoms with Gasteiger partial charge in [0, 0.05) is 23.7 Å². The molecule has 1 aromatic heterocycles. The van der Waals surface area contributed by atoms with Crippen LogP contribution in [0.1, 0.15) is 37.8 Å². The molecule has 2 amide bonds. The maximum atomic E-state index is 13.3. The minimum Gasteiger partial charge on any atom is -0.489 e. The van der Waals surface area contributed by atoms with Gasteiger partial charge in [-0.15, -0.1) is 0 Å². The van der Waals surface area contributed by atoms with Crippen LogP contribution >= 0.6 is 0 Å². The molecule has 0 spiro atoms. The monoisotopic (exact) mass is 462 g/mol. The van der Waals surface area contributed by atoms with Gasteiger partial charge in [0.05, 0.1) is 5.52 Å². The normalized spacial score (nSPS) is 19.0. The van der Waals surface area contributed by atoms with Crippen LogP contribution in [-0.4, -0.2) is 39.5 Å². The van der Waals surface area contributed by atoms with Gasteiger partial charge in [0.1, 0.15) is 23.9 Å². The Balaban J connectivity index is 1.47. The van der Waals surface area contributed by atoms with Gasteiger partial charge in [-0.05, 0) is 48.6 Å². The summed E-state index contributed by atoms with van der Waals surface area (Å²) < 4.78 is 5.98. The molecular formula is C26H30N4O4. The third kappa shape index (κ3) is 4.60. The topological polar surface area (TPSA) is 118 Å². The van der Waals surface area contributed by atoms with E-state index in [1.807, 2.05) is 44.2 Å². The lowest BCUT2D eigenvalue weighted by atomic mass is 9.89. The Labute approximate surface area is 198 Å². The van der Waals surface area contributed by atoms with Crippen LogP contribution in [0.5, 0.6) is 5.75 Å². The molecule has 0 saturated carbocycles. The first-order valence-corrected chi connectivity index (χ1v) is 11.4. The number of carbonyl (C=O) groups excluding carboxylic acids is 2. The van der Waals surface area contributed by atoms with Crippen LogP contribution in [0.25, 0.3) is 10.9 Å². The zero-order valence-corrected chi connectivity index (χ0v) is 19.4. The van der Waals surface area contributed by atoms with Crippen molar-refractivity contribution in [1.82, 2.24) is 15.4 Å². The molecule has 2 atom stereocenters. The van der Waals surface area contributed by atoms with Gasteiger partial charge < -0.3 is 15.4 Å². The summed E-state index contributed by atoms with van der Waals surface area (Å²) in [4.78, 5) is 31.4. The van der Waals surface area contributed by atoms with E-state index in [1.165, 1.54) is 4.90 Å². The Morgan fingerprint density at radius 3 is 2.65 bits per heavy atom. The minimum absolute atomic E-state index is 0.164. The van der Waals surface area contributed by atoms with E-state index in [2.05, 4.69) is 4.98 Å². The van der Waals surface area contributed by atoms with Crippen LogP contribution in [0.3, 0.4) is 0 Å². The number of hydrogen-bond donors (Lipinski definition) is 3. The average molecular weight is 463 g/mol. The van der Waals surface area contributed by atoms with E-state index in [-0.39, 0.29) is 11.8 Å². The van der Waals surface area contributed by atoms with Gasteiger partial charge in [0.15, 0.2) is 0 Å². The first-order valence-electron chi connectivity index (χ1n) is 11.4. The van der Waals surface area contributed by atoms with Gasteiger partial charge in [-0.25, -0.2) is 5.48 Å². The van der Waals surface area contributed by atoms with E-state index in [4.69, 9.17) is 15.7 Å². The smallest absolute Gasteiger partial charge is 0.266 e. The molecule has 178 valence electrons. The van der Waals surface area contributed by atoms with Gasteiger partial charge in [0.25, 0.3) is 5.91 Å². The van der Waals surface area contributed by atoms with Crippen molar-refractivity contribution in [3.63, 3.8) is 0 Å². The molecule has 2 unspecified atom stereocenters. The van der Waals surface area contributed by atoms with E-state index < -0.39 is 17.5 Å². The molecule has 4 rings (SSSR count). The second-order valence-corrected chi connectivity index (χ2v) is 9.14. The van der Waals surface area contributed by atoms with Crippen molar-refractivity contribution in [2.75, 3.05) is 6.54 Å². The van der Waals surface area contributed by atoms with E-state index in [9.17, 15) is 9.59 Å². The molecule has 8 nitrogen and oxygen atoms in total. The van der Waals surface area contributed by atoms with Crippen LogP contribution in [0.2, 0.25) is 0 Å². The number of hydroxylamine groups is 1. The van der Waals surface area contributed by atoms with Gasteiger partial charge in [0.2, 0.25) is 5.91 Å². The van der Waals surface area contributed by atoms with Gasteiger partial charge >= 0.3 is 0 Å². The molecule has 1 fully saturated rings. The third-order valence-electron chi connectivity index (χ3n) is 6.38. The summed E-state index contributed by atoms with van der Waals surface area (Å²) >= 11 is 0. The number of nitrogens with zero attached hydrogens (tertiary/aromatic N) is 2. The number of hydrogen-bond acceptors (Lipinski definition) is 6. The summed E-state index contributed by atoms with van der Waals surface area (Å²) in [6.45, 7) is 4.65. The number of likely N-dealkylation sites (tertiary alicyclic amines) is 1. The summed E-state index contributed by atoms with van der Waals surface area (Å²) in [5.74, 6) is -0.0953. The molecule has 8 heteroatoms. The fourth-order valence-electron chi connectivity index (χ4n) is 4.51. The Morgan fingerprint density at radius 2 is 1.94 bits per heavy atom. The minimum atomic E-state index is -1.23. The number of para-hydroxylation sites is 1. The van der Waals surface area contributed by atoms with Crippen LogP contribution in [0.4, 0.5) is 0 Å². The van der Waals surface area contributed by atoms with Crippen LogP contribution in [0, 0.1) is 5.92 Å². The molecule has 4 N–H and O–H groups in total. The fourth-order valence-corrected chi connectivity index (χ4v) is 4.51. The predicted molar refractivity (Wildman–Crippen MR) is 128 cm³/mol. The van der Waals surface area contributed by atoms with Crippen molar-refractivity contribution >= 4 is 22.7 Å². The number of amides is 2. The Bertz CT molecular complexity index is 1180. The van der Waals surface area contributed by atoms with Crippen molar-refractivity contribution < 1.29 is 19.5 Å². The molecule has 34 heavy (non-hydrogen) atoms. The lowest BCUT2D eigenvalue weighted by Crippen LogP contribution is -2.52. The number of nitrogens with two attached hydrogens (primary N) is 1. The summed E-state index contributed by atoms with van der Waals surface area (Å²) in [6.07, 6.45) is 2.58. The quantitative estimate of drug-likeness (QED) is 0.350. The second kappa shape index (κ2) is 9.79. The fraction of sp³-hybridized carbons (Fsp3) is 0.346. The number of aromatic nitrogens is 1. The van der Waals surface area contributed by atoms with Gasteiger partial charge in [-0.1, -0.05) is 44.2 Å². The van der Waals surface area contributed by atoms with E-state index in [0.29, 0.717) is 37.3 Å². The summed E-state index contributed by atoms with van der Waals surface area (Å²) in [5.41, 5.74) is 9.63. The predicted octanol–water partition coefficient (Wildman–Crippen LogP) is 3.12. The highest BCUT2D eigenvalue weighted by molar-refractivity contribution is 5.94. The summed E-state index contributed by atoms with van der Waals surface area (Å²) in [6, 6.07) is 16.3. The average Bonchev–Trinajstić information content (AvgIpc) is 3.16. The number of carbonyl (C=O) groups is 2. The Morgan fingerprint density at radius 1 is 1.21 bits per heavy atom. The molecule has 1 saturated heterocycles. The number of rotatable bonds is 8. The molecule has 1 aliphatic rings. The van der Waals surface area contributed by atoms with Crippen molar-refractivity contribution in [2.45, 2.75) is 44.9 Å². The maximum absolute atomic E-state index is 13.3. The molecule has 2 heterocycles. The van der Waals surface area contributed by atoms with Crippen LogP contribution in [-0.2, 0) is 21.7 Å². The highest BCUT2D eigenvalue weighted by Gasteiger charge is 2.48. The Hall–Kier alpha value is -3.49. The standard InChI is InChI=1S/C26H30N4O4/c1-17(2)15-23(24(31)29-33)30-14-12-26(27,25(30)32)19-7-9-20(10-8-19)34-16-18-11-13-28-22-6-4-3-5-21(18)22/h3-11,13,17,23,33H,12,14-16,27H2,1-2H3,(H,29,31). The molecule has 0 radical (unpaired) electrons. The number of nitrogens with one attached hydrogen (secondary N) is 1. The van der Waals surface area contributed by atoms with Crippen LogP contribution in [0.15, 0.2) is 60.8 Å². The highest BCUT2D eigenvalue weighted by Crippen LogP contribution is 2.34. The van der Waals surface area contributed by atoms with Crippen molar-refractivity contribution in [3.8, 4) is 5.75 Å². The summed E-state index contributed by atoms with van der Waals surface area (Å²) in [5, 5.41) is 10.2. The largest absolute Gasteiger partial charge is 0.489 e. The zero-order chi connectivity index (χ0) is 24.3. The molecule has 1 aliphatic heterocycles. The first kappa shape index (κ1) is 23.7. The first-order chi connectivity index (χ1) is 16.3. The van der Waals surface area contributed by atoms with E-state index >= 15 is 0 Å². The number of ether oxygens (including phenoxy) is 1. The number of benzene rings is 2. The lowest BCUT2D eigenvalue weighted by molar-refractivity contribution is -0.144. The summed E-state index contributed by atoms with van der Waals surface area (Å²) in [7, 11) is 0. The van der Waals surface area contributed by atoms with Crippen LogP contribution < -0.4 is 16.0 Å². The number of fused-ring (bicyclic) bond motifs is 1. The van der Waals surface area contributed by atoms with Crippen molar-refractivity contribution in [1.29, 1.82) is 0 Å². The Kier molecular flexibility index (Phi) is 6.81. The zero-order valence-electron chi connectivity index (χ0n) is 19.4. The van der Waals surface area contributed by atoms with E-state index in [1.54, 1.807) is 35.9 Å². The highest BCUT2D eigenvalue weighted by atomic mass is 16.5. The third-order valence-corrected chi connectivity index (χ3v) is 6.38. The van der Waals surface area contributed by atoms with Gasteiger partial charge in [-0.3, -0.25) is 19.8 Å². The maximum Gasteiger partial charge on any atom is 0.266 e. The van der Waals surface area contributed by atoms with Gasteiger partial charge in [-0.2, -0.15) is 0 Å². The number of pyridine rings is 1. The molecule has 0 aliphatic carbocycles. The lowest BCUT2D eigenvalue weighted by Gasteiger charge is -2.30. The molecule has 0 bridgehead atoms. The van der Waals surface area contributed by atoms with E-state index in [0.717, 1.165) is 16.5 Å². The second-order valence-electron chi connectivity index (χ2n) is 9.14. The SMILES string of the molecule is CC(C)CC(C(=O)NO)N1CCC(N)(c2ccc(OCc3ccnc4ccccc34)cc2)C1=O. The molecule has 2 aromatic carbocycles. The molecule has 3 aromatic rings. The molecular weight excluding hydrogens is 432 g/mol. The van der Waals surface area contributed by atoms with Crippen molar-refractivity contribution in [3.05, 3.63) is 71.9 Å².